The van der Waals surface area contributed by atoms with Crippen LogP contribution in [0.1, 0.15) is 56.3 Å². The first-order valence-corrected chi connectivity index (χ1v) is 11.8. The Bertz CT molecular complexity index is 917. The minimum Gasteiger partial charge on any atom is -0.358 e. The van der Waals surface area contributed by atoms with Crippen LogP contribution in [0.15, 0.2) is 23.7 Å². The van der Waals surface area contributed by atoms with Crippen molar-refractivity contribution in [2.24, 2.45) is 0 Å². The highest BCUT2D eigenvalue weighted by atomic mass is 32.1. The van der Waals surface area contributed by atoms with Gasteiger partial charge >= 0.3 is 0 Å². The fourth-order valence-electron chi connectivity index (χ4n) is 3.92. The molecule has 0 aliphatic heterocycles. The minimum atomic E-state index is -0.387. The SMILES string of the molecule is CCN(CC(C)N(CC)c1ccc(C#N)cn1)C(=O)COC1(c2nc(C)cs2)CCC1. The first-order chi connectivity index (χ1) is 14.9. The highest BCUT2D eigenvalue weighted by Crippen LogP contribution is 2.45. The molecule has 0 saturated heterocycles. The molecule has 8 heteroatoms. The Morgan fingerprint density at radius 1 is 1.35 bits per heavy atom. The standard InChI is InChI=1S/C23H31N5O2S/c1-5-27(14-18(4)28(6-2)20-9-8-19(12-24)13-25-20)21(29)15-30-23(10-7-11-23)22-26-17(3)16-31-22/h8-9,13,16,18H,5-7,10-11,14-15H2,1-4H3. The summed E-state index contributed by atoms with van der Waals surface area (Å²) in [6.45, 7) is 10.2. The molecular formula is C23H31N5O2S. The van der Waals surface area contributed by atoms with Crippen LogP contribution in [0.4, 0.5) is 5.82 Å². The average molecular weight is 442 g/mol. The molecule has 1 fully saturated rings. The van der Waals surface area contributed by atoms with Crippen LogP contribution in [0.3, 0.4) is 0 Å². The van der Waals surface area contributed by atoms with E-state index in [0.29, 0.717) is 18.7 Å². The normalized spacial score (nSPS) is 15.6. The monoisotopic (exact) mass is 441 g/mol. The predicted octanol–water partition coefficient (Wildman–Crippen LogP) is 3.88. The molecule has 7 nitrogen and oxygen atoms in total. The van der Waals surface area contributed by atoms with Gasteiger partial charge in [0.25, 0.3) is 0 Å². The molecule has 2 heterocycles. The molecule has 2 aromatic rings. The zero-order valence-electron chi connectivity index (χ0n) is 18.8. The second-order valence-corrected chi connectivity index (χ2v) is 8.87. The van der Waals surface area contributed by atoms with Gasteiger partial charge < -0.3 is 14.5 Å². The molecule has 1 aliphatic carbocycles. The molecular weight excluding hydrogens is 410 g/mol. The summed E-state index contributed by atoms with van der Waals surface area (Å²) in [5.74, 6) is 0.805. The molecule has 1 saturated carbocycles. The lowest BCUT2D eigenvalue weighted by Gasteiger charge is -2.40. The lowest BCUT2D eigenvalue weighted by molar-refractivity contribution is -0.153. The number of carbonyl (C=O) groups is 1. The molecule has 0 bridgehead atoms. The summed E-state index contributed by atoms with van der Waals surface area (Å²) in [6, 6.07) is 5.80. The molecule has 31 heavy (non-hydrogen) atoms. The number of pyridine rings is 1. The van der Waals surface area contributed by atoms with Crippen LogP contribution in [0.5, 0.6) is 0 Å². The third kappa shape index (κ3) is 5.23. The molecule has 0 N–H and O–H groups in total. The summed E-state index contributed by atoms with van der Waals surface area (Å²) in [7, 11) is 0. The number of anilines is 1. The maximum Gasteiger partial charge on any atom is 0.248 e. The number of rotatable bonds is 10. The number of nitrogens with zero attached hydrogens (tertiary/aromatic N) is 5. The average Bonchev–Trinajstić information content (AvgIpc) is 3.18. The maximum atomic E-state index is 13.0. The molecule has 1 atom stereocenters. The zero-order valence-corrected chi connectivity index (χ0v) is 19.6. The second-order valence-electron chi connectivity index (χ2n) is 8.01. The van der Waals surface area contributed by atoms with E-state index in [1.165, 1.54) is 0 Å². The summed E-state index contributed by atoms with van der Waals surface area (Å²) in [4.78, 5) is 26.0. The summed E-state index contributed by atoms with van der Waals surface area (Å²) in [6.07, 6.45) is 4.53. The van der Waals surface area contributed by atoms with Gasteiger partial charge in [-0.3, -0.25) is 4.79 Å². The van der Waals surface area contributed by atoms with Crippen molar-refractivity contribution in [1.29, 1.82) is 5.26 Å². The molecule has 1 amide bonds. The van der Waals surface area contributed by atoms with E-state index >= 15 is 0 Å². The zero-order chi connectivity index (χ0) is 22.4. The molecule has 166 valence electrons. The van der Waals surface area contributed by atoms with E-state index < -0.39 is 0 Å². The summed E-state index contributed by atoms with van der Waals surface area (Å²) < 4.78 is 6.19. The first kappa shape index (κ1) is 23.2. The van der Waals surface area contributed by atoms with Crippen molar-refractivity contribution in [3.05, 3.63) is 40.0 Å². The smallest absolute Gasteiger partial charge is 0.248 e. The third-order valence-electron chi connectivity index (χ3n) is 5.90. The van der Waals surface area contributed by atoms with Gasteiger partial charge in [0.15, 0.2) is 0 Å². The van der Waals surface area contributed by atoms with E-state index in [1.54, 1.807) is 23.6 Å². The number of aryl methyl sites for hydroxylation is 1. The van der Waals surface area contributed by atoms with Gasteiger partial charge in [0.2, 0.25) is 5.91 Å². The van der Waals surface area contributed by atoms with Crippen molar-refractivity contribution >= 4 is 23.1 Å². The van der Waals surface area contributed by atoms with Crippen LogP contribution in [-0.4, -0.2) is 53.1 Å². The van der Waals surface area contributed by atoms with Crippen LogP contribution >= 0.6 is 11.3 Å². The largest absolute Gasteiger partial charge is 0.358 e. The number of hydrogen-bond acceptors (Lipinski definition) is 7. The Morgan fingerprint density at radius 3 is 2.61 bits per heavy atom. The fourth-order valence-corrected chi connectivity index (χ4v) is 4.93. The molecule has 0 aromatic carbocycles. The quantitative estimate of drug-likeness (QED) is 0.556. The molecule has 0 spiro atoms. The highest BCUT2D eigenvalue weighted by molar-refractivity contribution is 7.09. The Labute approximate surface area is 188 Å². The Hall–Kier alpha value is -2.50. The van der Waals surface area contributed by atoms with E-state index in [1.807, 2.05) is 30.2 Å². The van der Waals surface area contributed by atoms with Crippen molar-refractivity contribution in [3.8, 4) is 6.07 Å². The van der Waals surface area contributed by atoms with Gasteiger partial charge in [0.05, 0.1) is 5.56 Å². The topological polar surface area (TPSA) is 82.3 Å². The van der Waals surface area contributed by atoms with Gasteiger partial charge in [-0.15, -0.1) is 11.3 Å². The molecule has 1 aliphatic rings. The third-order valence-corrected chi connectivity index (χ3v) is 7.05. The Kier molecular flexibility index (Phi) is 7.63. The van der Waals surface area contributed by atoms with E-state index in [2.05, 4.69) is 34.8 Å². The van der Waals surface area contributed by atoms with Gasteiger partial charge in [-0.2, -0.15) is 5.26 Å². The Morgan fingerprint density at radius 2 is 2.13 bits per heavy atom. The fraction of sp³-hybridized carbons (Fsp3) is 0.565. The van der Waals surface area contributed by atoms with Crippen molar-refractivity contribution in [1.82, 2.24) is 14.9 Å². The number of nitriles is 1. The van der Waals surface area contributed by atoms with Crippen LogP contribution in [0.25, 0.3) is 0 Å². The first-order valence-electron chi connectivity index (χ1n) is 10.9. The van der Waals surface area contributed by atoms with Crippen molar-refractivity contribution in [2.75, 3.05) is 31.1 Å². The molecule has 0 radical (unpaired) electrons. The lowest BCUT2D eigenvalue weighted by Crippen LogP contribution is -2.47. The van der Waals surface area contributed by atoms with E-state index in [0.717, 1.165) is 42.3 Å². The summed E-state index contributed by atoms with van der Waals surface area (Å²) >= 11 is 1.62. The summed E-state index contributed by atoms with van der Waals surface area (Å²) in [5, 5.41) is 12.0. The second kappa shape index (κ2) is 10.2. The number of amides is 1. The number of ether oxygens (including phenoxy) is 1. The number of carbonyl (C=O) groups excluding carboxylic acids is 1. The van der Waals surface area contributed by atoms with Gasteiger partial charge in [-0.1, -0.05) is 0 Å². The van der Waals surface area contributed by atoms with Gasteiger partial charge in [-0.25, -0.2) is 9.97 Å². The number of thiazole rings is 1. The van der Waals surface area contributed by atoms with Gasteiger partial charge in [0, 0.05) is 42.9 Å². The van der Waals surface area contributed by atoms with Crippen LogP contribution in [-0.2, 0) is 15.1 Å². The van der Waals surface area contributed by atoms with E-state index in [-0.39, 0.29) is 24.2 Å². The minimum absolute atomic E-state index is 0.00209. The van der Waals surface area contributed by atoms with Gasteiger partial charge in [-0.05, 0) is 59.1 Å². The van der Waals surface area contributed by atoms with Crippen LogP contribution < -0.4 is 4.90 Å². The lowest BCUT2D eigenvalue weighted by atomic mass is 9.80. The number of hydrogen-bond donors (Lipinski definition) is 0. The summed E-state index contributed by atoms with van der Waals surface area (Å²) in [5.41, 5.74) is 1.15. The predicted molar refractivity (Wildman–Crippen MR) is 122 cm³/mol. The van der Waals surface area contributed by atoms with Crippen LogP contribution in [0.2, 0.25) is 0 Å². The van der Waals surface area contributed by atoms with E-state index in [4.69, 9.17) is 10.00 Å². The number of likely N-dealkylation sites (N-methyl/N-ethyl adjacent to an activating group) is 2. The number of aromatic nitrogens is 2. The van der Waals surface area contributed by atoms with Crippen molar-refractivity contribution in [3.63, 3.8) is 0 Å². The van der Waals surface area contributed by atoms with Crippen LogP contribution in [0, 0.1) is 18.3 Å². The Balaban J connectivity index is 1.61. The van der Waals surface area contributed by atoms with Crippen molar-refractivity contribution < 1.29 is 9.53 Å². The van der Waals surface area contributed by atoms with Crippen molar-refractivity contribution in [2.45, 2.75) is 58.6 Å². The van der Waals surface area contributed by atoms with E-state index in [9.17, 15) is 4.79 Å². The molecule has 1 unspecified atom stereocenters. The highest BCUT2D eigenvalue weighted by Gasteiger charge is 2.43. The molecule has 2 aromatic heterocycles. The molecule has 3 rings (SSSR count). The maximum absolute atomic E-state index is 13.0. The van der Waals surface area contributed by atoms with Gasteiger partial charge in [0.1, 0.15) is 29.1 Å².